The highest BCUT2D eigenvalue weighted by Gasteiger charge is 2.24. The molecule has 0 radical (unpaired) electrons. The Balaban J connectivity index is 1.93. The molecule has 1 heterocycles. The molecule has 3 aromatic rings. The van der Waals surface area contributed by atoms with Gasteiger partial charge in [-0.05, 0) is 34.5 Å². The summed E-state index contributed by atoms with van der Waals surface area (Å²) in [6.45, 7) is 4.26. The summed E-state index contributed by atoms with van der Waals surface area (Å²) in [7, 11) is 0. The van der Waals surface area contributed by atoms with Crippen LogP contribution in [0.5, 0.6) is 0 Å². The van der Waals surface area contributed by atoms with Crippen LogP contribution in [0, 0.1) is 0 Å². The van der Waals surface area contributed by atoms with Gasteiger partial charge in [0.1, 0.15) is 0 Å². The van der Waals surface area contributed by atoms with Gasteiger partial charge < -0.3 is 5.31 Å². The lowest BCUT2D eigenvalue weighted by Crippen LogP contribution is -2.26. The minimum atomic E-state index is -2.05. The zero-order valence-corrected chi connectivity index (χ0v) is 15.8. The van der Waals surface area contributed by atoms with Crippen molar-refractivity contribution < 1.29 is 5.52 Å². The predicted octanol–water partition coefficient (Wildman–Crippen LogP) is 6.67. The van der Waals surface area contributed by atoms with E-state index in [1.807, 2.05) is 66.7 Å². The van der Waals surface area contributed by atoms with E-state index in [9.17, 15) is 1.37 Å². The third-order valence-electron chi connectivity index (χ3n) is 4.93. The van der Waals surface area contributed by atoms with Gasteiger partial charge in [-0.25, -0.2) is 0 Å². The molecule has 0 fully saturated rings. The van der Waals surface area contributed by atoms with Crippen molar-refractivity contribution in [1.29, 1.82) is 0 Å². The summed E-state index contributed by atoms with van der Waals surface area (Å²) in [6, 6.07) is 24.5. The number of nitrogens with one attached hydrogen (secondary N) is 1. The molecule has 1 heteroatoms. The van der Waals surface area contributed by atoms with Crippen LogP contribution in [0.1, 0.15) is 64.4 Å². The third kappa shape index (κ3) is 3.98. The van der Waals surface area contributed by atoms with Gasteiger partial charge in [0.25, 0.3) is 0 Å². The molecule has 0 amide bonds. The summed E-state index contributed by atoms with van der Waals surface area (Å²) in [4.78, 5) is 0. The molecule has 1 N–H and O–H groups in total. The molecule has 0 saturated heterocycles. The molecule has 0 spiro atoms. The number of allylic oxidation sites excluding steroid dienone is 1. The van der Waals surface area contributed by atoms with Crippen LogP contribution < -0.4 is 5.31 Å². The largest absolute Gasteiger partial charge is 0.378 e. The monoisotopic (exact) mass is 357 g/mol. The van der Waals surface area contributed by atoms with E-state index in [-0.39, 0.29) is 0 Å². The molecule has 0 aliphatic carbocycles. The zero-order valence-electron chi connectivity index (χ0n) is 19.8. The van der Waals surface area contributed by atoms with Gasteiger partial charge in [-0.3, -0.25) is 0 Å². The minimum Gasteiger partial charge on any atom is -0.378 e. The van der Waals surface area contributed by atoms with Gasteiger partial charge in [-0.15, -0.1) is 0 Å². The van der Waals surface area contributed by atoms with Crippen LogP contribution in [0.4, 0.5) is 0 Å². The molecule has 2 atom stereocenters. The van der Waals surface area contributed by atoms with Gasteiger partial charge >= 0.3 is 0 Å². The van der Waals surface area contributed by atoms with Gasteiger partial charge in [-0.1, -0.05) is 105 Å². The van der Waals surface area contributed by atoms with Crippen LogP contribution in [0.2, 0.25) is 1.41 Å². The lowest BCUT2D eigenvalue weighted by molar-refractivity contribution is 0.525. The zero-order chi connectivity index (χ0) is 22.2. The lowest BCUT2D eigenvalue weighted by Gasteiger charge is -2.32. The number of hydrogen-bond donors (Lipinski definition) is 1. The van der Waals surface area contributed by atoms with Crippen molar-refractivity contribution in [3.63, 3.8) is 0 Å². The van der Waals surface area contributed by atoms with Crippen LogP contribution in [-0.2, 0) is 0 Å². The summed E-state index contributed by atoms with van der Waals surface area (Å²) in [5.41, 5.74) is 3.79. The fourth-order valence-corrected chi connectivity index (χ4v) is 3.32. The standard InChI is InChI=1S/C26H27N/c1-19(2)20-13-15-21(16-14-20)24-17-25(22-9-5-3-6-10-22)27-26(18-24)23-11-7-4-8-12-23/h3-17,19,24,26-27H,18H2,1-2H3/i18D2,26D/hD. The molecule has 0 bridgehead atoms. The van der Waals surface area contributed by atoms with Crippen LogP contribution in [0.25, 0.3) is 5.70 Å². The highest BCUT2D eigenvalue weighted by Crippen LogP contribution is 2.37. The summed E-state index contributed by atoms with van der Waals surface area (Å²) < 4.78 is 36.5. The molecule has 27 heavy (non-hydrogen) atoms. The fourth-order valence-electron chi connectivity index (χ4n) is 3.32. The van der Waals surface area contributed by atoms with Crippen molar-refractivity contribution in [2.75, 3.05) is 0 Å². The van der Waals surface area contributed by atoms with E-state index in [0.717, 1.165) is 16.4 Å². The molecule has 1 aliphatic heterocycles. The first-order valence-corrected chi connectivity index (χ1v) is 9.48. The van der Waals surface area contributed by atoms with Gasteiger partial charge in [-0.2, -0.15) is 0 Å². The molecule has 1 nitrogen and oxygen atoms in total. The van der Waals surface area contributed by atoms with Gasteiger partial charge in [0, 0.05) is 14.4 Å². The summed E-state index contributed by atoms with van der Waals surface area (Å²) in [6.07, 6.45) is -0.240. The van der Waals surface area contributed by atoms with E-state index >= 15 is 0 Å². The predicted molar refractivity (Wildman–Crippen MR) is 115 cm³/mol. The first-order valence-electron chi connectivity index (χ1n) is 11.4. The van der Waals surface area contributed by atoms with Crippen LogP contribution in [-0.4, -0.2) is 0 Å². The normalized spacial score (nSPS) is 26.6. The van der Waals surface area contributed by atoms with Crippen LogP contribution in [0.15, 0.2) is 91.0 Å². The van der Waals surface area contributed by atoms with Crippen molar-refractivity contribution in [2.45, 2.75) is 38.1 Å². The van der Waals surface area contributed by atoms with Crippen LogP contribution in [0.3, 0.4) is 0 Å². The van der Waals surface area contributed by atoms with E-state index in [1.54, 1.807) is 24.3 Å². The van der Waals surface area contributed by atoms with Crippen LogP contribution >= 0.6 is 0 Å². The lowest BCUT2D eigenvalue weighted by atomic mass is 9.84. The molecule has 136 valence electrons. The van der Waals surface area contributed by atoms with Gasteiger partial charge in [0.2, 0.25) is 0 Å². The van der Waals surface area contributed by atoms with Crippen molar-refractivity contribution >= 4 is 5.70 Å². The molecule has 2 unspecified atom stereocenters. The molecule has 1 aliphatic rings. The van der Waals surface area contributed by atoms with E-state index in [2.05, 4.69) is 13.8 Å². The Morgan fingerprint density at radius 2 is 1.52 bits per heavy atom. The molecule has 0 aromatic heterocycles. The second-order valence-corrected chi connectivity index (χ2v) is 7.19. The summed E-state index contributed by atoms with van der Waals surface area (Å²) >= 11 is 0. The Hall–Kier alpha value is -2.80. The van der Waals surface area contributed by atoms with E-state index in [0.29, 0.717) is 17.2 Å². The fraction of sp³-hybridized carbons (Fsp3) is 0.231. The van der Waals surface area contributed by atoms with Crippen molar-refractivity contribution in [2.24, 2.45) is 0 Å². The Bertz CT molecular complexity index is 1060. The molecule has 3 aromatic carbocycles. The first-order chi connectivity index (χ1) is 14.8. The minimum absolute atomic E-state index is 0.385. The smallest absolute Gasteiger partial charge is 0.161 e. The summed E-state index contributed by atoms with van der Waals surface area (Å²) in [5.74, 6) is -0.292. The van der Waals surface area contributed by atoms with E-state index in [4.69, 9.17) is 4.15 Å². The Morgan fingerprint density at radius 1 is 0.889 bits per heavy atom. The van der Waals surface area contributed by atoms with Crippen molar-refractivity contribution in [3.05, 3.63) is 113 Å². The second kappa shape index (κ2) is 7.84. The Kier molecular flexibility index (Phi) is 3.88. The first kappa shape index (κ1) is 13.4. The number of benzene rings is 3. The van der Waals surface area contributed by atoms with Gasteiger partial charge in [0.05, 0.1) is 7.39 Å². The SMILES string of the molecule is [2H]N1C(c2ccccc2)=CC(c2ccc(C(C)C)cc2)C([2H])([2H])C1([2H])c1ccccc1. The second-order valence-electron chi connectivity index (χ2n) is 7.19. The Labute approximate surface area is 168 Å². The maximum Gasteiger partial charge on any atom is 0.161 e. The maximum atomic E-state index is 9.36. The molecule has 4 rings (SSSR count). The highest BCUT2D eigenvalue weighted by atomic mass is 14.9. The molecular weight excluding hydrogens is 326 g/mol. The average Bonchev–Trinajstić information content (AvgIpc) is 2.79. The average molecular weight is 358 g/mol. The molecular formula is C26H27N. The quantitative estimate of drug-likeness (QED) is 0.550. The van der Waals surface area contributed by atoms with Crippen molar-refractivity contribution in [1.82, 2.24) is 5.31 Å². The van der Waals surface area contributed by atoms with E-state index < -0.39 is 18.3 Å². The Morgan fingerprint density at radius 3 is 2.15 bits per heavy atom. The highest BCUT2D eigenvalue weighted by molar-refractivity contribution is 5.66. The number of rotatable bonds is 4. The number of hydrogen-bond acceptors (Lipinski definition) is 1. The molecule has 0 saturated carbocycles. The van der Waals surface area contributed by atoms with Crippen molar-refractivity contribution in [3.8, 4) is 0 Å². The summed E-state index contributed by atoms with van der Waals surface area (Å²) in [5, 5.41) is 1.04. The third-order valence-corrected chi connectivity index (χ3v) is 4.93. The topological polar surface area (TPSA) is 12.0 Å². The van der Waals surface area contributed by atoms with Gasteiger partial charge in [0.15, 0.2) is 1.41 Å². The maximum absolute atomic E-state index is 9.36. The van der Waals surface area contributed by atoms with E-state index in [1.165, 1.54) is 5.56 Å².